The Labute approximate surface area is 146 Å². The summed E-state index contributed by atoms with van der Waals surface area (Å²) in [5.74, 6) is 1.85. The van der Waals surface area contributed by atoms with Crippen molar-refractivity contribution in [2.24, 2.45) is 0 Å². The van der Waals surface area contributed by atoms with Crippen LogP contribution in [0.4, 0.5) is 23.1 Å². The zero-order valence-electron chi connectivity index (χ0n) is 13.9. The Morgan fingerprint density at radius 2 is 1.76 bits per heavy atom. The molecule has 0 fully saturated rings. The molecule has 25 heavy (non-hydrogen) atoms. The van der Waals surface area contributed by atoms with Crippen LogP contribution in [0.3, 0.4) is 0 Å². The summed E-state index contributed by atoms with van der Waals surface area (Å²) in [6.45, 7) is 1.90. The fraction of sp³-hybridized carbons (Fsp3) is 0.105. The lowest BCUT2D eigenvalue weighted by Crippen LogP contribution is -2.03. The third-order valence-corrected chi connectivity index (χ3v) is 3.49. The van der Waals surface area contributed by atoms with Crippen molar-refractivity contribution in [3.8, 4) is 11.8 Å². The molecule has 1 aromatic heterocycles. The number of methoxy groups -OCH3 is 1. The molecule has 3 rings (SSSR count). The van der Waals surface area contributed by atoms with Crippen LogP contribution in [0.25, 0.3) is 0 Å². The third kappa shape index (κ3) is 4.03. The lowest BCUT2D eigenvalue weighted by molar-refractivity contribution is 0.417. The molecule has 0 saturated heterocycles. The van der Waals surface area contributed by atoms with Crippen molar-refractivity contribution >= 4 is 23.1 Å². The minimum atomic E-state index is 0.473. The number of aromatic nitrogens is 2. The summed E-state index contributed by atoms with van der Waals surface area (Å²) in [5, 5.41) is 15.3. The average Bonchev–Trinajstić information content (AvgIpc) is 2.62. The Balaban J connectivity index is 1.83. The first kappa shape index (κ1) is 16.3. The van der Waals surface area contributed by atoms with Gasteiger partial charge in [0.25, 0.3) is 0 Å². The number of aryl methyl sites for hydroxylation is 1. The van der Waals surface area contributed by atoms with E-state index in [1.807, 2.05) is 49.4 Å². The van der Waals surface area contributed by atoms with Gasteiger partial charge in [-0.3, -0.25) is 0 Å². The molecule has 0 aliphatic heterocycles. The number of hydrogen-bond acceptors (Lipinski definition) is 6. The van der Waals surface area contributed by atoms with Gasteiger partial charge in [-0.1, -0.05) is 12.1 Å². The molecule has 0 aliphatic rings. The van der Waals surface area contributed by atoms with Gasteiger partial charge in [0.2, 0.25) is 5.95 Å². The lowest BCUT2D eigenvalue weighted by Gasteiger charge is -2.12. The summed E-state index contributed by atoms with van der Waals surface area (Å²) < 4.78 is 5.34. The van der Waals surface area contributed by atoms with Gasteiger partial charge < -0.3 is 15.4 Å². The SMILES string of the molecule is COc1ccccc1Nc1nc(C)cc(Nc2ccc(C#N)cc2)n1. The maximum Gasteiger partial charge on any atom is 0.229 e. The molecule has 6 heteroatoms. The lowest BCUT2D eigenvalue weighted by atomic mass is 10.2. The van der Waals surface area contributed by atoms with Crippen molar-refractivity contribution in [2.75, 3.05) is 17.7 Å². The number of ether oxygens (including phenoxy) is 1. The van der Waals surface area contributed by atoms with Gasteiger partial charge in [0.05, 0.1) is 24.4 Å². The van der Waals surface area contributed by atoms with Crippen LogP contribution in [0.2, 0.25) is 0 Å². The topological polar surface area (TPSA) is 82.9 Å². The fourth-order valence-corrected chi connectivity index (χ4v) is 2.33. The molecule has 2 aromatic carbocycles. The van der Waals surface area contributed by atoms with Gasteiger partial charge in [-0.15, -0.1) is 0 Å². The number of para-hydroxylation sites is 2. The monoisotopic (exact) mass is 331 g/mol. The van der Waals surface area contributed by atoms with E-state index in [0.29, 0.717) is 23.1 Å². The molecule has 0 bridgehead atoms. The van der Waals surface area contributed by atoms with Gasteiger partial charge in [0.1, 0.15) is 11.6 Å². The quantitative estimate of drug-likeness (QED) is 0.730. The molecule has 0 amide bonds. The molecule has 1 heterocycles. The molecule has 2 N–H and O–H groups in total. The van der Waals surface area contributed by atoms with E-state index in [1.165, 1.54) is 0 Å². The summed E-state index contributed by atoms with van der Waals surface area (Å²) in [4.78, 5) is 8.90. The predicted octanol–water partition coefficient (Wildman–Crippen LogP) is 4.15. The van der Waals surface area contributed by atoms with Crippen LogP contribution in [0, 0.1) is 18.3 Å². The maximum absolute atomic E-state index is 8.86. The Morgan fingerprint density at radius 1 is 1.00 bits per heavy atom. The van der Waals surface area contributed by atoms with Crippen LogP contribution in [0.5, 0.6) is 5.75 Å². The molecular weight excluding hydrogens is 314 g/mol. The molecule has 6 nitrogen and oxygen atoms in total. The highest BCUT2D eigenvalue weighted by Gasteiger charge is 2.07. The van der Waals surface area contributed by atoms with Crippen LogP contribution in [0.1, 0.15) is 11.3 Å². The van der Waals surface area contributed by atoms with E-state index in [1.54, 1.807) is 19.2 Å². The highest BCUT2D eigenvalue weighted by atomic mass is 16.5. The van der Waals surface area contributed by atoms with E-state index >= 15 is 0 Å². The van der Waals surface area contributed by atoms with Gasteiger partial charge in [-0.05, 0) is 43.3 Å². The molecular formula is C19H17N5O. The van der Waals surface area contributed by atoms with Crippen molar-refractivity contribution in [1.82, 2.24) is 9.97 Å². The van der Waals surface area contributed by atoms with Crippen LogP contribution < -0.4 is 15.4 Å². The smallest absolute Gasteiger partial charge is 0.229 e. The highest BCUT2D eigenvalue weighted by Crippen LogP contribution is 2.26. The van der Waals surface area contributed by atoms with Crippen molar-refractivity contribution in [1.29, 1.82) is 5.26 Å². The summed E-state index contributed by atoms with van der Waals surface area (Å²) in [6, 6.07) is 18.7. The molecule has 3 aromatic rings. The van der Waals surface area contributed by atoms with E-state index in [4.69, 9.17) is 10.00 Å². The van der Waals surface area contributed by atoms with E-state index < -0.39 is 0 Å². The zero-order chi connectivity index (χ0) is 17.6. The minimum absolute atomic E-state index is 0.473. The van der Waals surface area contributed by atoms with Crippen LogP contribution in [0.15, 0.2) is 54.6 Å². The Kier molecular flexibility index (Phi) is 4.77. The summed E-state index contributed by atoms with van der Waals surface area (Å²) in [5.41, 5.74) is 3.08. The third-order valence-electron chi connectivity index (χ3n) is 3.49. The largest absolute Gasteiger partial charge is 0.495 e. The fourth-order valence-electron chi connectivity index (χ4n) is 2.33. The number of hydrogen-bond donors (Lipinski definition) is 2. The second-order valence-electron chi connectivity index (χ2n) is 5.36. The van der Waals surface area contributed by atoms with Crippen LogP contribution in [-0.4, -0.2) is 17.1 Å². The van der Waals surface area contributed by atoms with Crippen molar-refractivity contribution < 1.29 is 4.74 Å². The molecule has 0 atom stereocenters. The number of benzene rings is 2. The minimum Gasteiger partial charge on any atom is -0.495 e. The van der Waals surface area contributed by atoms with Crippen LogP contribution in [-0.2, 0) is 0 Å². The number of nitrogens with one attached hydrogen (secondary N) is 2. The first-order valence-electron chi connectivity index (χ1n) is 7.71. The van der Waals surface area contributed by atoms with Gasteiger partial charge in [0.15, 0.2) is 0 Å². The van der Waals surface area contributed by atoms with Gasteiger partial charge in [-0.2, -0.15) is 10.2 Å². The predicted molar refractivity (Wildman–Crippen MR) is 97.5 cm³/mol. The summed E-state index contributed by atoms with van der Waals surface area (Å²) in [7, 11) is 1.62. The Hall–Kier alpha value is -3.59. The molecule has 0 radical (unpaired) electrons. The number of nitriles is 1. The standard InChI is InChI=1S/C19H17N5O/c1-13-11-18(22-15-9-7-14(12-20)8-10-15)24-19(21-13)23-16-5-3-4-6-17(16)25-2/h3-11H,1-2H3,(H2,21,22,23,24). The molecule has 0 aliphatic carbocycles. The van der Waals surface area contributed by atoms with Crippen LogP contribution >= 0.6 is 0 Å². The highest BCUT2D eigenvalue weighted by molar-refractivity contribution is 5.64. The molecule has 0 saturated carbocycles. The molecule has 124 valence electrons. The van der Waals surface area contributed by atoms with Crippen molar-refractivity contribution in [3.05, 3.63) is 65.9 Å². The maximum atomic E-state index is 8.86. The summed E-state index contributed by atoms with van der Waals surface area (Å²) in [6.07, 6.45) is 0. The summed E-state index contributed by atoms with van der Waals surface area (Å²) >= 11 is 0. The van der Waals surface area contributed by atoms with E-state index in [2.05, 4.69) is 26.7 Å². The van der Waals surface area contributed by atoms with Gasteiger partial charge in [0, 0.05) is 17.4 Å². The average molecular weight is 331 g/mol. The Bertz CT molecular complexity index is 916. The first-order chi connectivity index (χ1) is 12.2. The number of rotatable bonds is 5. The van der Waals surface area contributed by atoms with Gasteiger partial charge >= 0.3 is 0 Å². The molecule has 0 unspecified atom stereocenters. The first-order valence-corrected chi connectivity index (χ1v) is 7.71. The molecule has 0 spiro atoms. The van der Waals surface area contributed by atoms with Gasteiger partial charge in [-0.25, -0.2) is 4.98 Å². The Morgan fingerprint density at radius 3 is 2.48 bits per heavy atom. The van der Waals surface area contributed by atoms with E-state index in [-0.39, 0.29) is 0 Å². The normalized spacial score (nSPS) is 9.96. The van der Waals surface area contributed by atoms with E-state index in [9.17, 15) is 0 Å². The number of anilines is 4. The second-order valence-corrected chi connectivity index (χ2v) is 5.36. The van der Waals surface area contributed by atoms with Crippen molar-refractivity contribution in [2.45, 2.75) is 6.92 Å². The zero-order valence-corrected chi connectivity index (χ0v) is 13.9. The van der Waals surface area contributed by atoms with Crippen molar-refractivity contribution in [3.63, 3.8) is 0 Å². The second kappa shape index (κ2) is 7.32. The van der Waals surface area contributed by atoms with E-state index in [0.717, 1.165) is 17.1 Å². The number of nitrogens with zero attached hydrogens (tertiary/aromatic N) is 3.